The number of benzene rings is 1. The first kappa shape index (κ1) is 17.2. The second kappa shape index (κ2) is 7.42. The number of aryl methyl sites for hydroxylation is 2. The minimum absolute atomic E-state index is 0.0334. The minimum atomic E-state index is -0.0334. The number of hydrogen-bond donors (Lipinski definition) is 1. The molecule has 1 aromatic carbocycles. The van der Waals surface area contributed by atoms with Crippen LogP contribution in [0.5, 0.6) is 0 Å². The summed E-state index contributed by atoms with van der Waals surface area (Å²) in [6, 6.07) is 10.1. The van der Waals surface area contributed by atoms with Gasteiger partial charge in [0.05, 0.1) is 12.2 Å². The number of hydrogen-bond acceptors (Lipinski definition) is 3. The van der Waals surface area contributed by atoms with Crippen LogP contribution in [-0.4, -0.2) is 47.3 Å². The summed E-state index contributed by atoms with van der Waals surface area (Å²) >= 11 is 0. The van der Waals surface area contributed by atoms with E-state index in [2.05, 4.69) is 28.3 Å². The molecule has 5 heteroatoms. The molecule has 0 aliphatic heterocycles. The van der Waals surface area contributed by atoms with E-state index in [-0.39, 0.29) is 5.91 Å². The lowest BCUT2D eigenvalue weighted by atomic mass is 10.1. The molecule has 0 radical (unpaired) electrons. The van der Waals surface area contributed by atoms with E-state index >= 15 is 0 Å². The van der Waals surface area contributed by atoms with Gasteiger partial charge in [0.2, 0.25) is 0 Å². The lowest BCUT2D eigenvalue weighted by Gasteiger charge is -2.20. The van der Waals surface area contributed by atoms with E-state index in [0.717, 1.165) is 17.0 Å². The molecule has 0 unspecified atom stereocenters. The van der Waals surface area contributed by atoms with Crippen LogP contribution < -0.4 is 5.32 Å². The molecule has 0 saturated carbocycles. The maximum atomic E-state index is 12.3. The Labute approximate surface area is 138 Å². The average Bonchev–Trinajstić information content (AvgIpc) is 2.82. The molecular weight excluding hydrogens is 288 g/mol. The molecule has 1 atom stereocenters. The third-order valence-electron chi connectivity index (χ3n) is 4.06. The van der Waals surface area contributed by atoms with Gasteiger partial charge in [-0.05, 0) is 58.6 Å². The summed E-state index contributed by atoms with van der Waals surface area (Å²) in [7, 11) is 4.01. The van der Waals surface area contributed by atoms with Crippen molar-refractivity contribution in [1.82, 2.24) is 20.0 Å². The predicted molar refractivity (Wildman–Crippen MR) is 92.7 cm³/mol. The Morgan fingerprint density at radius 2 is 2.04 bits per heavy atom. The zero-order valence-corrected chi connectivity index (χ0v) is 14.6. The van der Waals surface area contributed by atoms with Crippen molar-refractivity contribution in [1.29, 1.82) is 0 Å². The quantitative estimate of drug-likeness (QED) is 0.889. The number of rotatable bonds is 6. The van der Waals surface area contributed by atoms with Gasteiger partial charge in [0.25, 0.3) is 5.91 Å². The molecule has 0 fully saturated rings. The van der Waals surface area contributed by atoms with E-state index in [4.69, 9.17) is 0 Å². The third-order valence-corrected chi connectivity index (χ3v) is 4.06. The molecule has 1 amide bonds. The van der Waals surface area contributed by atoms with Gasteiger partial charge in [-0.1, -0.05) is 12.1 Å². The number of amides is 1. The van der Waals surface area contributed by atoms with Crippen molar-refractivity contribution in [3.8, 4) is 0 Å². The van der Waals surface area contributed by atoms with Crippen molar-refractivity contribution in [3.05, 3.63) is 52.8 Å². The summed E-state index contributed by atoms with van der Waals surface area (Å²) in [5, 5.41) is 7.45. The number of aromatic nitrogens is 2. The van der Waals surface area contributed by atoms with Crippen LogP contribution in [0, 0.1) is 13.8 Å². The smallest absolute Gasteiger partial charge is 0.251 e. The highest BCUT2D eigenvalue weighted by Gasteiger charge is 2.10. The van der Waals surface area contributed by atoms with Crippen molar-refractivity contribution < 1.29 is 4.79 Å². The monoisotopic (exact) mass is 314 g/mol. The molecule has 2 aromatic rings. The van der Waals surface area contributed by atoms with Crippen LogP contribution in [0.2, 0.25) is 0 Å². The first-order chi connectivity index (χ1) is 10.9. The van der Waals surface area contributed by atoms with Crippen molar-refractivity contribution in [2.75, 3.05) is 20.6 Å². The van der Waals surface area contributed by atoms with Gasteiger partial charge >= 0.3 is 0 Å². The highest BCUT2D eigenvalue weighted by molar-refractivity contribution is 5.94. The van der Waals surface area contributed by atoms with Crippen LogP contribution >= 0.6 is 0 Å². The van der Waals surface area contributed by atoms with E-state index < -0.39 is 0 Å². The van der Waals surface area contributed by atoms with Gasteiger partial charge in [0, 0.05) is 23.8 Å². The van der Waals surface area contributed by atoms with Crippen LogP contribution in [-0.2, 0) is 6.54 Å². The van der Waals surface area contributed by atoms with E-state index in [1.54, 1.807) is 0 Å². The highest BCUT2D eigenvalue weighted by Crippen LogP contribution is 2.10. The van der Waals surface area contributed by atoms with E-state index in [1.807, 2.05) is 56.9 Å². The van der Waals surface area contributed by atoms with Crippen LogP contribution in [0.4, 0.5) is 0 Å². The summed E-state index contributed by atoms with van der Waals surface area (Å²) in [6.07, 6.45) is 0. The van der Waals surface area contributed by atoms with E-state index in [9.17, 15) is 4.79 Å². The third kappa shape index (κ3) is 4.66. The fraction of sp³-hybridized carbons (Fsp3) is 0.444. The molecule has 0 saturated heterocycles. The molecule has 0 bridgehead atoms. The molecule has 0 aliphatic rings. The molecule has 0 spiro atoms. The van der Waals surface area contributed by atoms with Crippen molar-refractivity contribution in [2.24, 2.45) is 0 Å². The summed E-state index contributed by atoms with van der Waals surface area (Å²) in [4.78, 5) is 14.4. The highest BCUT2D eigenvalue weighted by atomic mass is 16.1. The van der Waals surface area contributed by atoms with Crippen molar-refractivity contribution in [2.45, 2.75) is 33.4 Å². The normalized spacial score (nSPS) is 12.4. The molecule has 2 rings (SSSR count). The molecule has 23 heavy (non-hydrogen) atoms. The number of likely N-dealkylation sites (N-methyl/N-ethyl adjacent to an activating group) is 1. The van der Waals surface area contributed by atoms with Gasteiger partial charge in [0.15, 0.2) is 0 Å². The lowest BCUT2D eigenvalue weighted by molar-refractivity contribution is 0.0943. The van der Waals surface area contributed by atoms with Crippen LogP contribution in [0.1, 0.15) is 34.2 Å². The summed E-state index contributed by atoms with van der Waals surface area (Å²) in [5.74, 6) is -0.0334. The molecular formula is C18H26N4O. The maximum Gasteiger partial charge on any atom is 0.251 e. The Balaban J connectivity index is 2.04. The number of carbonyl (C=O) groups is 1. The SMILES string of the molecule is Cc1cc(C)n(Cc2cccc(C(=O)NC[C@@H](C)N(C)C)c2)n1. The fourth-order valence-corrected chi connectivity index (χ4v) is 2.34. The van der Waals surface area contributed by atoms with Gasteiger partial charge < -0.3 is 10.2 Å². The maximum absolute atomic E-state index is 12.3. The second-order valence-electron chi connectivity index (χ2n) is 6.31. The van der Waals surface area contributed by atoms with Gasteiger partial charge in [-0.2, -0.15) is 5.10 Å². The van der Waals surface area contributed by atoms with E-state index in [0.29, 0.717) is 24.7 Å². The molecule has 1 heterocycles. The van der Waals surface area contributed by atoms with Gasteiger partial charge in [0.1, 0.15) is 0 Å². The summed E-state index contributed by atoms with van der Waals surface area (Å²) < 4.78 is 1.96. The molecule has 5 nitrogen and oxygen atoms in total. The first-order valence-corrected chi connectivity index (χ1v) is 7.91. The summed E-state index contributed by atoms with van der Waals surface area (Å²) in [6.45, 7) is 7.42. The first-order valence-electron chi connectivity index (χ1n) is 7.91. The number of carbonyl (C=O) groups excluding carboxylic acids is 1. The zero-order valence-electron chi connectivity index (χ0n) is 14.6. The van der Waals surface area contributed by atoms with Crippen LogP contribution in [0.3, 0.4) is 0 Å². The molecule has 1 aromatic heterocycles. The van der Waals surface area contributed by atoms with Crippen molar-refractivity contribution >= 4 is 5.91 Å². The van der Waals surface area contributed by atoms with Crippen LogP contribution in [0.15, 0.2) is 30.3 Å². The lowest BCUT2D eigenvalue weighted by Crippen LogP contribution is -2.38. The fourth-order valence-electron chi connectivity index (χ4n) is 2.34. The average molecular weight is 314 g/mol. The predicted octanol–water partition coefficient (Wildman–Crippen LogP) is 2.23. The van der Waals surface area contributed by atoms with Crippen LogP contribution in [0.25, 0.3) is 0 Å². The Morgan fingerprint density at radius 1 is 1.30 bits per heavy atom. The largest absolute Gasteiger partial charge is 0.350 e. The Hall–Kier alpha value is -2.14. The van der Waals surface area contributed by atoms with Gasteiger partial charge in [-0.15, -0.1) is 0 Å². The van der Waals surface area contributed by atoms with Crippen molar-refractivity contribution in [3.63, 3.8) is 0 Å². The van der Waals surface area contributed by atoms with Gasteiger partial charge in [-0.3, -0.25) is 9.48 Å². The minimum Gasteiger partial charge on any atom is -0.350 e. The Bertz CT molecular complexity index is 675. The number of nitrogens with one attached hydrogen (secondary N) is 1. The Kier molecular flexibility index (Phi) is 5.55. The molecule has 0 aliphatic carbocycles. The topological polar surface area (TPSA) is 50.2 Å². The molecule has 124 valence electrons. The molecule has 1 N–H and O–H groups in total. The zero-order chi connectivity index (χ0) is 17.0. The Morgan fingerprint density at radius 3 is 2.65 bits per heavy atom. The summed E-state index contributed by atoms with van der Waals surface area (Å²) in [5.41, 5.74) is 3.89. The number of nitrogens with zero attached hydrogens (tertiary/aromatic N) is 3. The second-order valence-corrected chi connectivity index (χ2v) is 6.31. The van der Waals surface area contributed by atoms with Gasteiger partial charge in [-0.25, -0.2) is 0 Å². The van der Waals surface area contributed by atoms with E-state index in [1.165, 1.54) is 0 Å². The standard InChI is InChI=1S/C18H26N4O/c1-13-9-14(2)22(20-13)12-16-7-6-8-17(10-16)18(23)19-11-15(3)21(4)5/h6-10,15H,11-12H2,1-5H3,(H,19,23)/t15-/m1/s1.